The van der Waals surface area contributed by atoms with E-state index < -0.39 is 0 Å². The molecule has 0 radical (unpaired) electrons. The molecule has 0 bridgehead atoms. The highest BCUT2D eigenvalue weighted by atomic mass is 15.5. The van der Waals surface area contributed by atoms with Gasteiger partial charge in [-0.05, 0) is 28.8 Å². The fourth-order valence-corrected chi connectivity index (χ4v) is 1.84. The third-order valence-corrected chi connectivity index (χ3v) is 2.93. The zero-order valence-corrected chi connectivity index (χ0v) is 11.0. The van der Waals surface area contributed by atoms with Crippen molar-refractivity contribution in [2.45, 2.75) is 33.2 Å². The smallest absolute Gasteiger partial charge is 0.199 e. The molecule has 98 valence electrons. The fourth-order valence-electron chi connectivity index (χ4n) is 1.84. The average molecular weight is 249 g/mol. The molecular formula is C11H19N7. The maximum Gasteiger partial charge on any atom is 0.199 e. The molecule has 0 amide bonds. The maximum absolute atomic E-state index is 5.67. The van der Waals surface area contributed by atoms with Crippen molar-refractivity contribution < 1.29 is 0 Å². The summed E-state index contributed by atoms with van der Waals surface area (Å²) in [5.41, 5.74) is 6.39. The van der Waals surface area contributed by atoms with E-state index in [-0.39, 0.29) is 11.5 Å². The Hall–Kier alpha value is -1.76. The zero-order valence-electron chi connectivity index (χ0n) is 11.0. The Morgan fingerprint density at radius 1 is 1.39 bits per heavy atom. The molecule has 1 atom stereocenters. The second kappa shape index (κ2) is 4.85. The number of nitrogens with two attached hydrogens (primary N) is 1. The van der Waals surface area contributed by atoms with Crippen LogP contribution in [0, 0.1) is 5.41 Å². The van der Waals surface area contributed by atoms with E-state index >= 15 is 0 Å². The minimum absolute atomic E-state index is 0.0928. The van der Waals surface area contributed by atoms with Crippen LogP contribution in [0.2, 0.25) is 0 Å². The molecule has 0 saturated carbocycles. The Kier molecular flexibility index (Phi) is 3.42. The largest absolute Gasteiger partial charge is 0.365 e. The molecule has 2 aromatic heterocycles. The molecule has 3 N–H and O–H groups in total. The molecule has 2 aromatic rings. The third kappa shape index (κ3) is 2.56. The van der Waals surface area contributed by atoms with E-state index in [9.17, 15) is 0 Å². The van der Waals surface area contributed by atoms with Crippen LogP contribution in [0.15, 0.2) is 12.4 Å². The molecule has 0 spiro atoms. The summed E-state index contributed by atoms with van der Waals surface area (Å²) in [7, 11) is 0. The van der Waals surface area contributed by atoms with Gasteiger partial charge in [-0.25, -0.2) is 0 Å². The molecule has 0 aromatic carbocycles. The number of aromatic nitrogens is 5. The van der Waals surface area contributed by atoms with Crippen LogP contribution >= 0.6 is 0 Å². The van der Waals surface area contributed by atoms with Crippen molar-refractivity contribution in [3.05, 3.63) is 12.4 Å². The lowest BCUT2D eigenvalue weighted by Crippen LogP contribution is -2.36. The second-order valence-electron chi connectivity index (χ2n) is 5.38. The van der Waals surface area contributed by atoms with Crippen LogP contribution in [-0.4, -0.2) is 37.6 Å². The van der Waals surface area contributed by atoms with Crippen LogP contribution < -0.4 is 11.1 Å². The molecule has 0 aliphatic carbocycles. The van der Waals surface area contributed by atoms with E-state index in [1.54, 1.807) is 16.9 Å². The van der Waals surface area contributed by atoms with Crippen molar-refractivity contribution in [3.8, 4) is 0 Å². The van der Waals surface area contributed by atoms with Crippen molar-refractivity contribution in [3.63, 3.8) is 0 Å². The highest BCUT2D eigenvalue weighted by molar-refractivity contribution is 5.44. The molecule has 7 nitrogen and oxygen atoms in total. The first kappa shape index (κ1) is 12.7. The SMILES string of the molecule is CC(C)(C)C(CCN)Nc1cncc2nnnn12. The lowest BCUT2D eigenvalue weighted by atomic mass is 9.85. The van der Waals surface area contributed by atoms with Gasteiger partial charge in [0.2, 0.25) is 0 Å². The van der Waals surface area contributed by atoms with E-state index in [4.69, 9.17) is 5.73 Å². The topological polar surface area (TPSA) is 94.0 Å². The first-order chi connectivity index (χ1) is 8.52. The van der Waals surface area contributed by atoms with Crippen molar-refractivity contribution in [2.75, 3.05) is 11.9 Å². The summed E-state index contributed by atoms with van der Waals surface area (Å²) in [6.45, 7) is 7.16. The van der Waals surface area contributed by atoms with E-state index in [1.165, 1.54) is 0 Å². The summed E-state index contributed by atoms with van der Waals surface area (Å²) in [6, 6.07) is 0.235. The summed E-state index contributed by atoms with van der Waals surface area (Å²) in [4.78, 5) is 4.12. The van der Waals surface area contributed by atoms with Gasteiger partial charge in [0.15, 0.2) is 11.5 Å². The van der Waals surface area contributed by atoms with Gasteiger partial charge in [0, 0.05) is 6.04 Å². The minimum Gasteiger partial charge on any atom is -0.365 e. The van der Waals surface area contributed by atoms with Crippen LogP contribution in [0.1, 0.15) is 27.2 Å². The van der Waals surface area contributed by atoms with E-state index in [0.717, 1.165) is 12.2 Å². The predicted octanol–water partition coefficient (Wildman–Crippen LogP) is 0.695. The van der Waals surface area contributed by atoms with Gasteiger partial charge in [-0.15, -0.1) is 5.10 Å². The van der Waals surface area contributed by atoms with Gasteiger partial charge in [-0.1, -0.05) is 20.8 Å². The molecule has 18 heavy (non-hydrogen) atoms. The number of nitrogens with zero attached hydrogens (tertiary/aromatic N) is 5. The molecule has 1 unspecified atom stereocenters. The molecule has 0 saturated heterocycles. The monoisotopic (exact) mass is 249 g/mol. The van der Waals surface area contributed by atoms with Crippen LogP contribution in [0.3, 0.4) is 0 Å². The van der Waals surface area contributed by atoms with E-state index in [0.29, 0.717) is 12.2 Å². The van der Waals surface area contributed by atoms with Gasteiger partial charge in [0.05, 0.1) is 12.4 Å². The molecule has 0 aliphatic rings. The van der Waals surface area contributed by atoms with Crippen molar-refractivity contribution in [1.82, 2.24) is 25.0 Å². The zero-order chi connectivity index (χ0) is 13.2. The van der Waals surface area contributed by atoms with E-state index in [1.807, 2.05) is 0 Å². The van der Waals surface area contributed by atoms with Gasteiger partial charge >= 0.3 is 0 Å². The third-order valence-electron chi connectivity index (χ3n) is 2.93. The minimum atomic E-state index is 0.0928. The quantitative estimate of drug-likeness (QED) is 0.828. The Morgan fingerprint density at radius 3 is 2.83 bits per heavy atom. The normalized spacial score (nSPS) is 13.8. The Labute approximate surface area is 106 Å². The predicted molar refractivity (Wildman–Crippen MR) is 69.1 cm³/mol. The Balaban J connectivity index is 2.28. The summed E-state index contributed by atoms with van der Waals surface area (Å²) in [6.07, 6.45) is 4.22. The summed E-state index contributed by atoms with van der Waals surface area (Å²) < 4.78 is 1.64. The number of tetrazole rings is 1. The summed E-state index contributed by atoms with van der Waals surface area (Å²) >= 11 is 0. The molecule has 0 fully saturated rings. The first-order valence-corrected chi connectivity index (χ1v) is 6.01. The van der Waals surface area contributed by atoms with Crippen molar-refractivity contribution in [2.24, 2.45) is 11.1 Å². The maximum atomic E-state index is 5.67. The van der Waals surface area contributed by atoms with Gasteiger partial charge < -0.3 is 11.1 Å². The van der Waals surface area contributed by atoms with Gasteiger partial charge in [0.1, 0.15) is 0 Å². The van der Waals surface area contributed by atoms with Crippen LogP contribution in [-0.2, 0) is 0 Å². The molecular weight excluding hydrogens is 230 g/mol. The van der Waals surface area contributed by atoms with Gasteiger partial charge in [-0.2, -0.15) is 4.52 Å². The van der Waals surface area contributed by atoms with Crippen molar-refractivity contribution >= 4 is 11.5 Å². The molecule has 0 aliphatic heterocycles. The molecule has 7 heteroatoms. The average Bonchev–Trinajstić information content (AvgIpc) is 2.76. The Bertz CT molecular complexity index is 513. The van der Waals surface area contributed by atoms with Crippen LogP contribution in [0.4, 0.5) is 5.82 Å². The number of fused-ring (bicyclic) bond motifs is 1. The van der Waals surface area contributed by atoms with Gasteiger partial charge in [0.25, 0.3) is 0 Å². The first-order valence-electron chi connectivity index (χ1n) is 6.01. The fraction of sp³-hybridized carbons (Fsp3) is 0.636. The number of rotatable bonds is 4. The summed E-state index contributed by atoms with van der Waals surface area (Å²) in [5.74, 6) is 0.783. The second-order valence-corrected chi connectivity index (χ2v) is 5.38. The van der Waals surface area contributed by atoms with Gasteiger partial charge in [-0.3, -0.25) is 4.98 Å². The number of hydrogen-bond donors (Lipinski definition) is 2. The number of anilines is 1. The van der Waals surface area contributed by atoms with Crippen LogP contribution in [0.25, 0.3) is 5.65 Å². The highest BCUT2D eigenvalue weighted by Crippen LogP contribution is 2.24. The number of hydrogen-bond acceptors (Lipinski definition) is 6. The van der Waals surface area contributed by atoms with Crippen LogP contribution in [0.5, 0.6) is 0 Å². The number of nitrogens with one attached hydrogen (secondary N) is 1. The van der Waals surface area contributed by atoms with E-state index in [2.05, 4.69) is 46.6 Å². The molecule has 2 heterocycles. The standard InChI is InChI=1S/C11H19N7/c1-11(2,3)8(4-5-12)14-9-6-13-7-10-15-16-17-18(9)10/h6-8,14H,4-5,12H2,1-3H3. The lowest BCUT2D eigenvalue weighted by molar-refractivity contribution is 0.327. The lowest BCUT2D eigenvalue weighted by Gasteiger charge is -2.31. The van der Waals surface area contributed by atoms with Crippen molar-refractivity contribution in [1.29, 1.82) is 0 Å². The highest BCUT2D eigenvalue weighted by Gasteiger charge is 2.24. The molecule has 2 rings (SSSR count). The summed E-state index contributed by atoms with van der Waals surface area (Å²) in [5, 5.41) is 14.9. The Morgan fingerprint density at radius 2 is 2.17 bits per heavy atom.